The minimum Gasteiger partial charge on any atom is -0.468 e. The molecule has 2 N–H and O–H groups in total. The number of hydrogen-bond acceptors (Lipinski definition) is 4. The lowest BCUT2D eigenvalue weighted by molar-refractivity contribution is -0.154. The van der Waals surface area contributed by atoms with Crippen LogP contribution in [0.15, 0.2) is 23.3 Å². The average Bonchev–Trinajstić information content (AvgIpc) is 3.42. The summed E-state index contributed by atoms with van der Waals surface area (Å²) in [6.07, 6.45) is 2.02. The zero-order chi connectivity index (χ0) is 22.3. The van der Waals surface area contributed by atoms with Crippen molar-refractivity contribution in [2.24, 2.45) is 10.9 Å². The number of rotatable bonds is 7. The van der Waals surface area contributed by atoms with Gasteiger partial charge >= 0.3 is 6.18 Å². The highest BCUT2D eigenvalue weighted by Gasteiger charge is 2.32. The molecule has 1 saturated carbocycles. The minimum absolute atomic E-state index is 0.0753. The van der Waals surface area contributed by atoms with Gasteiger partial charge in [-0.05, 0) is 32.3 Å². The summed E-state index contributed by atoms with van der Waals surface area (Å²) in [5.74, 6) is 0.897. The molecule has 0 spiro atoms. The van der Waals surface area contributed by atoms with Crippen LogP contribution in [0.25, 0.3) is 0 Å². The van der Waals surface area contributed by atoms with Crippen molar-refractivity contribution in [2.75, 3.05) is 26.2 Å². The number of carbonyl (C=O) groups excluding carboxylic acids is 1. The first kappa shape index (κ1) is 23.1. The number of carbonyl (C=O) groups is 1. The van der Waals surface area contributed by atoms with Crippen LogP contribution >= 0.6 is 0 Å². The van der Waals surface area contributed by atoms with E-state index < -0.39 is 12.8 Å². The molecule has 3 rings (SSSR count). The Morgan fingerprint density at radius 2 is 2.10 bits per heavy atom. The van der Waals surface area contributed by atoms with E-state index in [1.165, 1.54) is 6.20 Å². The molecule has 172 valence electrons. The third-order valence-corrected chi connectivity index (χ3v) is 5.52. The number of likely N-dealkylation sites (tertiary alicyclic amines) is 1. The number of aromatic nitrogens is 1. The van der Waals surface area contributed by atoms with E-state index in [1.807, 2.05) is 11.8 Å². The molecule has 1 aromatic heterocycles. The summed E-state index contributed by atoms with van der Waals surface area (Å²) in [6.45, 7) is 2.65. The molecule has 2 heterocycles. The monoisotopic (exact) mass is 441 g/mol. The number of nitrogens with one attached hydrogen (secondary N) is 2. The molecule has 2 fully saturated rings. The van der Waals surface area contributed by atoms with Crippen molar-refractivity contribution < 1.29 is 22.7 Å². The maximum atomic E-state index is 12.6. The van der Waals surface area contributed by atoms with Gasteiger partial charge in [0.05, 0.1) is 6.54 Å². The van der Waals surface area contributed by atoms with Crippen LogP contribution in [0, 0.1) is 5.92 Å². The van der Waals surface area contributed by atoms with Gasteiger partial charge in [-0.3, -0.25) is 4.79 Å². The summed E-state index contributed by atoms with van der Waals surface area (Å²) in [5.41, 5.74) is 0.466. The molecule has 1 amide bonds. The average molecular weight is 441 g/mol. The number of hydrogen-bond donors (Lipinski definition) is 2. The predicted octanol–water partition coefficient (Wildman–Crippen LogP) is 2.87. The summed E-state index contributed by atoms with van der Waals surface area (Å²) in [5, 5.41) is 6.49. The lowest BCUT2D eigenvalue weighted by Gasteiger charge is -2.21. The predicted molar refractivity (Wildman–Crippen MR) is 111 cm³/mol. The van der Waals surface area contributed by atoms with Gasteiger partial charge in [0.2, 0.25) is 11.8 Å². The first-order chi connectivity index (χ1) is 14.9. The van der Waals surface area contributed by atoms with Gasteiger partial charge in [-0.15, -0.1) is 0 Å². The number of halogens is 3. The molecule has 1 aliphatic carbocycles. The minimum atomic E-state index is -4.43. The first-order valence-corrected chi connectivity index (χ1v) is 10.8. The lowest BCUT2D eigenvalue weighted by Crippen LogP contribution is -2.45. The number of alkyl halides is 3. The Balaban J connectivity index is 1.58. The van der Waals surface area contributed by atoms with Gasteiger partial charge in [0.15, 0.2) is 12.6 Å². The summed E-state index contributed by atoms with van der Waals surface area (Å²) < 4.78 is 42.2. The highest BCUT2D eigenvalue weighted by Crippen LogP contribution is 2.28. The van der Waals surface area contributed by atoms with Crippen LogP contribution in [0.3, 0.4) is 0 Å². The largest absolute Gasteiger partial charge is 0.468 e. The van der Waals surface area contributed by atoms with Crippen molar-refractivity contribution in [3.63, 3.8) is 0 Å². The van der Waals surface area contributed by atoms with Gasteiger partial charge < -0.3 is 20.3 Å². The first-order valence-electron chi connectivity index (χ1n) is 10.8. The van der Waals surface area contributed by atoms with Crippen LogP contribution < -0.4 is 15.4 Å². The SMILES string of the molecule is CCNC(=NCc1cccnc1OCC(F)(F)F)NC1CCN(C(=O)C2CCCC2)C1. The fraction of sp³-hybridized carbons (Fsp3) is 0.667. The fourth-order valence-corrected chi connectivity index (χ4v) is 4.01. The quantitative estimate of drug-likeness (QED) is 0.503. The molecule has 1 saturated heterocycles. The maximum Gasteiger partial charge on any atom is 0.422 e. The molecule has 1 aliphatic heterocycles. The van der Waals surface area contributed by atoms with Crippen LogP contribution in [0.1, 0.15) is 44.6 Å². The second kappa shape index (κ2) is 10.7. The van der Waals surface area contributed by atoms with E-state index in [9.17, 15) is 18.0 Å². The third kappa shape index (κ3) is 7.00. The van der Waals surface area contributed by atoms with Crippen LogP contribution in [0.5, 0.6) is 5.88 Å². The lowest BCUT2D eigenvalue weighted by atomic mass is 10.1. The second-order valence-corrected chi connectivity index (χ2v) is 7.96. The van der Waals surface area contributed by atoms with Crippen LogP contribution in [0.2, 0.25) is 0 Å². The fourth-order valence-electron chi connectivity index (χ4n) is 4.01. The van der Waals surface area contributed by atoms with Crippen LogP contribution in [0.4, 0.5) is 13.2 Å². The Hall–Kier alpha value is -2.52. The van der Waals surface area contributed by atoms with Crippen molar-refractivity contribution in [1.29, 1.82) is 0 Å². The Labute approximate surface area is 180 Å². The molecule has 2 aliphatic rings. The van der Waals surface area contributed by atoms with E-state index in [1.54, 1.807) is 12.1 Å². The van der Waals surface area contributed by atoms with Crippen molar-refractivity contribution >= 4 is 11.9 Å². The zero-order valence-electron chi connectivity index (χ0n) is 17.7. The third-order valence-electron chi connectivity index (χ3n) is 5.52. The van der Waals surface area contributed by atoms with Crippen molar-refractivity contribution in [1.82, 2.24) is 20.5 Å². The zero-order valence-corrected chi connectivity index (χ0v) is 17.7. The molecular formula is C21H30F3N5O2. The summed E-state index contributed by atoms with van der Waals surface area (Å²) in [6, 6.07) is 3.36. The summed E-state index contributed by atoms with van der Waals surface area (Å²) >= 11 is 0. The standard InChI is InChI=1S/C21H30F3N5O2/c1-2-25-20(27-12-16-8-5-10-26-18(16)31-14-21(22,23)24)28-17-9-11-29(13-17)19(30)15-6-3-4-7-15/h5,8,10,15,17H,2-4,6-7,9,11-14H2,1H3,(H2,25,27,28). The van der Waals surface area contributed by atoms with Crippen LogP contribution in [-0.4, -0.2) is 60.2 Å². The molecule has 0 bridgehead atoms. The molecule has 1 aromatic rings. The molecule has 0 aromatic carbocycles. The smallest absolute Gasteiger partial charge is 0.422 e. The van der Waals surface area contributed by atoms with Gasteiger partial charge in [0.25, 0.3) is 0 Å². The van der Waals surface area contributed by atoms with Gasteiger partial charge in [0.1, 0.15) is 0 Å². The van der Waals surface area contributed by atoms with E-state index >= 15 is 0 Å². The summed E-state index contributed by atoms with van der Waals surface area (Å²) in [4.78, 5) is 23.0. The topological polar surface area (TPSA) is 78.9 Å². The van der Waals surface area contributed by atoms with Crippen molar-refractivity contribution in [3.05, 3.63) is 23.9 Å². The van der Waals surface area contributed by atoms with E-state index in [-0.39, 0.29) is 30.3 Å². The Bertz CT molecular complexity index is 766. The molecule has 1 atom stereocenters. The molecule has 0 radical (unpaired) electrons. The Kier molecular flexibility index (Phi) is 7.97. The van der Waals surface area contributed by atoms with Crippen molar-refractivity contribution in [3.8, 4) is 5.88 Å². The van der Waals surface area contributed by atoms with E-state index in [4.69, 9.17) is 4.74 Å². The number of nitrogens with zero attached hydrogens (tertiary/aromatic N) is 3. The highest BCUT2D eigenvalue weighted by atomic mass is 19.4. The van der Waals surface area contributed by atoms with E-state index in [2.05, 4.69) is 20.6 Å². The molecular weight excluding hydrogens is 411 g/mol. The van der Waals surface area contributed by atoms with E-state index in [0.717, 1.165) is 38.6 Å². The molecule has 1 unspecified atom stereocenters. The molecule has 7 nitrogen and oxygen atoms in total. The van der Waals surface area contributed by atoms with Gasteiger partial charge in [-0.2, -0.15) is 13.2 Å². The van der Waals surface area contributed by atoms with Gasteiger partial charge in [-0.1, -0.05) is 18.9 Å². The maximum absolute atomic E-state index is 12.6. The van der Waals surface area contributed by atoms with E-state index in [0.29, 0.717) is 24.6 Å². The number of ether oxygens (including phenoxy) is 1. The highest BCUT2D eigenvalue weighted by molar-refractivity contribution is 5.81. The van der Waals surface area contributed by atoms with Crippen molar-refractivity contribution in [2.45, 2.75) is 57.8 Å². The Morgan fingerprint density at radius 1 is 1.32 bits per heavy atom. The second-order valence-electron chi connectivity index (χ2n) is 7.96. The number of amides is 1. The summed E-state index contributed by atoms with van der Waals surface area (Å²) in [7, 11) is 0. The Morgan fingerprint density at radius 3 is 2.81 bits per heavy atom. The van der Waals surface area contributed by atoms with Gasteiger partial charge in [-0.25, -0.2) is 9.98 Å². The molecule has 31 heavy (non-hydrogen) atoms. The normalized spacial score (nSPS) is 20.2. The number of pyridine rings is 1. The number of aliphatic imine (C=N–C) groups is 1. The molecule has 10 heteroatoms. The number of guanidine groups is 1. The van der Waals surface area contributed by atoms with Crippen LogP contribution in [-0.2, 0) is 11.3 Å². The van der Waals surface area contributed by atoms with Gasteiger partial charge in [0, 0.05) is 43.4 Å².